The average molecular weight is 569 g/mol. The third-order valence-corrected chi connectivity index (χ3v) is 5.21. The number of benzene rings is 2. The SMILES string of the molecule is CCCCCCc1ccc(-c2cccc3[cH-]c(CCCC)cc23)cc1.C[Si](C)O.[Cl-].[Cl-].[Zr+3]. The third-order valence-electron chi connectivity index (χ3n) is 5.21. The number of hydrogen-bond acceptors (Lipinski definition) is 1. The second-order valence-electron chi connectivity index (χ2n) is 8.23. The molecule has 0 atom stereocenters. The topological polar surface area (TPSA) is 20.2 Å². The molecule has 3 rings (SSSR count). The Morgan fingerprint density at radius 3 is 2.03 bits per heavy atom. The Morgan fingerprint density at radius 2 is 1.44 bits per heavy atom. The summed E-state index contributed by atoms with van der Waals surface area (Å²) in [5.74, 6) is 0. The molecule has 0 fully saturated rings. The summed E-state index contributed by atoms with van der Waals surface area (Å²) >= 11 is 0. The van der Waals surface area contributed by atoms with Crippen LogP contribution in [0.25, 0.3) is 21.9 Å². The van der Waals surface area contributed by atoms with Crippen LogP contribution in [-0.4, -0.2) is 13.8 Å². The fourth-order valence-corrected chi connectivity index (χ4v) is 3.68. The number of hydrogen-bond donors (Lipinski definition) is 1. The molecule has 32 heavy (non-hydrogen) atoms. The van der Waals surface area contributed by atoms with E-state index in [0.29, 0.717) is 0 Å². The van der Waals surface area contributed by atoms with Crippen LogP contribution in [0.1, 0.15) is 63.5 Å². The normalized spacial score (nSPS) is 9.94. The van der Waals surface area contributed by atoms with Gasteiger partial charge in [-0.25, -0.2) is 0 Å². The van der Waals surface area contributed by atoms with Crippen molar-refractivity contribution in [2.75, 3.05) is 0 Å². The van der Waals surface area contributed by atoms with Crippen molar-refractivity contribution in [1.82, 2.24) is 0 Å². The van der Waals surface area contributed by atoms with Crippen LogP contribution in [0.5, 0.6) is 0 Å². The molecule has 3 aromatic rings. The summed E-state index contributed by atoms with van der Waals surface area (Å²) in [5.41, 5.74) is 5.67. The number of unbranched alkanes of at least 4 members (excludes halogenated alkanes) is 4. The summed E-state index contributed by atoms with van der Waals surface area (Å²) < 4.78 is 0. The van der Waals surface area contributed by atoms with Crippen LogP contribution in [0, 0.1) is 0 Å². The molecule has 174 valence electrons. The van der Waals surface area contributed by atoms with E-state index in [2.05, 4.69) is 68.4 Å². The molecule has 0 amide bonds. The molecular weight excluding hydrogens is 531 g/mol. The van der Waals surface area contributed by atoms with Crippen LogP contribution >= 0.6 is 0 Å². The molecule has 0 spiro atoms. The molecule has 3 aromatic carbocycles. The maximum Gasteiger partial charge on any atom is 3.00 e. The molecular formula is C27H38Cl2OSiZr. The molecule has 0 aliphatic rings. The van der Waals surface area contributed by atoms with Crippen molar-refractivity contribution in [2.45, 2.75) is 78.3 Å². The van der Waals surface area contributed by atoms with E-state index in [9.17, 15) is 0 Å². The van der Waals surface area contributed by atoms with Gasteiger partial charge in [0.25, 0.3) is 0 Å². The van der Waals surface area contributed by atoms with Gasteiger partial charge in [0.2, 0.25) is 0 Å². The van der Waals surface area contributed by atoms with E-state index in [1.807, 2.05) is 13.1 Å². The molecule has 0 saturated carbocycles. The van der Waals surface area contributed by atoms with Crippen LogP contribution in [0.15, 0.2) is 54.6 Å². The van der Waals surface area contributed by atoms with Crippen molar-refractivity contribution in [3.8, 4) is 11.1 Å². The maximum atomic E-state index is 8.16. The minimum Gasteiger partial charge on any atom is -1.00 e. The van der Waals surface area contributed by atoms with E-state index in [4.69, 9.17) is 4.80 Å². The predicted molar refractivity (Wildman–Crippen MR) is 131 cm³/mol. The Kier molecular flexibility index (Phi) is 20.2. The van der Waals surface area contributed by atoms with E-state index in [-0.39, 0.29) is 51.0 Å². The summed E-state index contributed by atoms with van der Waals surface area (Å²) in [4.78, 5) is 8.16. The van der Waals surface area contributed by atoms with Crippen molar-refractivity contribution >= 4 is 19.8 Å². The molecule has 0 bridgehead atoms. The Labute approximate surface area is 229 Å². The summed E-state index contributed by atoms with van der Waals surface area (Å²) in [6.45, 7) is 8.18. The molecule has 1 N–H and O–H groups in total. The zero-order valence-corrected chi connectivity index (χ0v) is 25.0. The van der Waals surface area contributed by atoms with Crippen LogP contribution in [0.4, 0.5) is 0 Å². The van der Waals surface area contributed by atoms with E-state index >= 15 is 0 Å². The van der Waals surface area contributed by atoms with Gasteiger partial charge in [0.1, 0.15) is 0 Å². The molecule has 0 aliphatic heterocycles. The van der Waals surface area contributed by atoms with Gasteiger partial charge in [-0.2, -0.15) is 6.07 Å². The standard InChI is InChI=1S/C25H31.C2H7OSi.2ClH.Zr/c1-3-5-7-8-11-20-14-16-22(17-15-20)24-13-9-12-23-18-21(10-6-4-2)19-25(23)24;1-4(2)3;;;/h9,12-19H,3-8,10-11H2,1-2H3;3H,1-2H3;2*1H;/q-1;;;;+3/p-2. The molecule has 1 nitrogen and oxygen atoms in total. The van der Waals surface area contributed by atoms with Crippen molar-refractivity contribution in [1.29, 1.82) is 0 Å². The number of halogens is 2. The Morgan fingerprint density at radius 1 is 0.812 bits per heavy atom. The minimum atomic E-state index is -0.880. The van der Waals surface area contributed by atoms with Crippen LogP contribution in [0.3, 0.4) is 0 Å². The first-order valence-corrected chi connectivity index (χ1v) is 13.8. The first-order chi connectivity index (χ1) is 14.0. The van der Waals surface area contributed by atoms with Gasteiger partial charge in [0.15, 0.2) is 9.04 Å². The largest absolute Gasteiger partial charge is 3.00 e. The van der Waals surface area contributed by atoms with E-state index in [1.165, 1.54) is 84.4 Å². The molecule has 0 aromatic heterocycles. The first-order valence-electron chi connectivity index (χ1n) is 11.3. The fourth-order valence-electron chi connectivity index (χ4n) is 3.68. The maximum absolute atomic E-state index is 8.16. The Bertz CT molecular complexity index is 844. The van der Waals surface area contributed by atoms with Crippen LogP contribution in [0.2, 0.25) is 13.1 Å². The van der Waals surface area contributed by atoms with E-state index < -0.39 is 9.04 Å². The van der Waals surface area contributed by atoms with Crippen molar-refractivity contribution < 1.29 is 55.8 Å². The van der Waals surface area contributed by atoms with Gasteiger partial charge < -0.3 is 29.6 Å². The zero-order chi connectivity index (χ0) is 21.1. The summed E-state index contributed by atoms with van der Waals surface area (Å²) in [5, 5.41) is 2.79. The summed E-state index contributed by atoms with van der Waals surface area (Å²) in [7, 11) is -0.880. The van der Waals surface area contributed by atoms with E-state index in [0.717, 1.165) is 0 Å². The first kappa shape index (κ1) is 33.9. The van der Waals surface area contributed by atoms with Crippen molar-refractivity contribution in [2.24, 2.45) is 0 Å². The molecule has 2 radical (unpaired) electrons. The Hall–Kier alpha value is -0.310. The second kappa shape index (κ2) is 19.0. The van der Waals surface area contributed by atoms with Gasteiger partial charge in [0.05, 0.1) is 0 Å². The second-order valence-corrected chi connectivity index (χ2v) is 10.1. The number of aryl methyl sites for hydroxylation is 2. The Balaban J connectivity index is 0. The van der Waals surface area contributed by atoms with Gasteiger partial charge >= 0.3 is 26.2 Å². The predicted octanol–water partition coefficient (Wildman–Crippen LogP) is 1.93. The molecule has 0 unspecified atom stereocenters. The quantitative estimate of drug-likeness (QED) is 0.238. The monoisotopic (exact) mass is 566 g/mol. The van der Waals surface area contributed by atoms with Gasteiger partial charge in [-0.3, -0.25) is 0 Å². The van der Waals surface area contributed by atoms with Crippen LogP contribution in [-0.2, 0) is 39.0 Å². The van der Waals surface area contributed by atoms with Gasteiger partial charge in [-0.05, 0) is 43.5 Å². The van der Waals surface area contributed by atoms with Gasteiger partial charge in [-0.1, -0.05) is 81.8 Å². The summed E-state index contributed by atoms with van der Waals surface area (Å²) in [6, 6.07) is 20.7. The molecule has 5 heteroatoms. The third kappa shape index (κ3) is 11.7. The molecule has 0 saturated heterocycles. The van der Waals surface area contributed by atoms with Gasteiger partial charge in [-0.15, -0.1) is 34.5 Å². The average Bonchev–Trinajstić information content (AvgIpc) is 3.13. The molecule has 0 aliphatic carbocycles. The number of rotatable bonds is 9. The summed E-state index contributed by atoms with van der Waals surface area (Å²) in [6.07, 6.45) is 10.3. The van der Waals surface area contributed by atoms with Crippen LogP contribution < -0.4 is 24.8 Å². The smallest absolute Gasteiger partial charge is 1.00 e. The van der Waals surface area contributed by atoms with Gasteiger partial charge in [0, 0.05) is 0 Å². The minimum absolute atomic E-state index is 0. The zero-order valence-electron chi connectivity index (χ0n) is 20.1. The molecule has 0 heterocycles. The van der Waals surface area contributed by atoms with Crippen molar-refractivity contribution in [3.05, 3.63) is 65.7 Å². The fraction of sp³-hybridized carbons (Fsp3) is 0.444. The van der Waals surface area contributed by atoms with E-state index in [1.54, 1.807) is 0 Å². The van der Waals surface area contributed by atoms with Crippen molar-refractivity contribution in [3.63, 3.8) is 0 Å². The number of fused-ring (bicyclic) bond motifs is 1.